The van der Waals surface area contributed by atoms with Crippen molar-refractivity contribution in [1.82, 2.24) is 0 Å². The molecule has 13 heavy (non-hydrogen) atoms. The van der Waals surface area contributed by atoms with Gasteiger partial charge in [-0.3, -0.25) is 0 Å². The van der Waals surface area contributed by atoms with E-state index in [1.807, 2.05) is 0 Å². The zero-order valence-corrected chi connectivity index (χ0v) is 8.97. The molecule has 0 heterocycles. The van der Waals surface area contributed by atoms with Gasteiger partial charge >= 0.3 is 0 Å². The number of hydrogen-bond donors (Lipinski definition) is 0. The standard InChI is InChI=1S/C12H20O/c1-12(2)10-5-4-9(6-7-13-3)11(12)8-10/h4,10-11H,5-8H2,1-3H3/t10-,11-/m0/s1. The number of rotatable bonds is 3. The van der Waals surface area contributed by atoms with Crippen molar-refractivity contribution in [2.45, 2.75) is 33.1 Å². The second-order valence-corrected chi connectivity index (χ2v) is 5.06. The number of fused-ring (bicyclic) bond motifs is 1. The van der Waals surface area contributed by atoms with Crippen LogP contribution in [0.5, 0.6) is 0 Å². The minimum Gasteiger partial charge on any atom is -0.384 e. The van der Waals surface area contributed by atoms with Gasteiger partial charge in [0.15, 0.2) is 0 Å². The zero-order valence-electron chi connectivity index (χ0n) is 8.97. The summed E-state index contributed by atoms with van der Waals surface area (Å²) in [5.41, 5.74) is 2.24. The van der Waals surface area contributed by atoms with E-state index in [1.165, 1.54) is 12.8 Å². The summed E-state index contributed by atoms with van der Waals surface area (Å²) in [5.74, 6) is 1.82. The maximum absolute atomic E-state index is 5.14. The molecule has 0 unspecified atom stereocenters. The van der Waals surface area contributed by atoms with Crippen molar-refractivity contribution in [3.63, 3.8) is 0 Å². The lowest BCUT2D eigenvalue weighted by atomic mass is 9.48. The van der Waals surface area contributed by atoms with Crippen LogP contribution in [-0.4, -0.2) is 13.7 Å². The van der Waals surface area contributed by atoms with Crippen LogP contribution in [0.1, 0.15) is 33.1 Å². The SMILES string of the molecule is COCCC1=CC[C@H]2C[C@@H]1C2(C)C. The Bertz CT molecular complexity index is 227. The normalized spacial score (nSPS) is 35.2. The fourth-order valence-electron chi connectivity index (χ4n) is 2.98. The Morgan fingerprint density at radius 2 is 2.31 bits per heavy atom. The molecule has 1 nitrogen and oxygen atoms in total. The highest BCUT2D eigenvalue weighted by atomic mass is 16.5. The fourth-order valence-corrected chi connectivity index (χ4v) is 2.98. The molecule has 0 N–H and O–H groups in total. The number of allylic oxidation sites excluding steroid dienone is 1. The van der Waals surface area contributed by atoms with Crippen molar-refractivity contribution in [1.29, 1.82) is 0 Å². The van der Waals surface area contributed by atoms with Gasteiger partial charge in [0, 0.05) is 13.7 Å². The highest BCUT2D eigenvalue weighted by molar-refractivity contribution is 5.23. The molecule has 0 radical (unpaired) electrons. The van der Waals surface area contributed by atoms with Crippen LogP contribution in [0.15, 0.2) is 11.6 Å². The van der Waals surface area contributed by atoms with Crippen LogP contribution in [0.3, 0.4) is 0 Å². The monoisotopic (exact) mass is 180 g/mol. The molecule has 2 atom stereocenters. The van der Waals surface area contributed by atoms with E-state index in [1.54, 1.807) is 12.7 Å². The molecule has 0 aromatic rings. The first-order valence-electron chi connectivity index (χ1n) is 5.34. The quantitative estimate of drug-likeness (QED) is 0.607. The van der Waals surface area contributed by atoms with Crippen LogP contribution >= 0.6 is 0 Å². The van der Waals surface area contributed by atoms with Crippen molar-refractivity contribution < 1.29 is 4.74 Å². The van der Waals surface area contributed by atoms with E-state index in [0.717, 1.165) is 24.9 Å². The summed E-state index contributed by atoms with van der Waals surface area (Å²) in [7, 11) is 1.79. The summed E-state index contributed by atoms with van der Waals surface area (Å²) in [4.78, 5) is 0. The summed E-state index contributed by atoms with van der Waals surface area (Å²) in [6.45, 7) is 5.74. The first-order valence-corrected chi connectivity index (χ1v) is 5.34. The summed E-state index contributed by atoms with van der Waals surface area (Å²) in [6.07, 6.45) is 6.35. The molecule has 0 saturated heterocycles. The molecule has 2 bridgehead atoms. The van der Waals surface area contributed by atoms with Crippen molar-refractivity contribution in [3.8, 4) is 0 Å². The highest BCUT2D eigenvalue weighted by Gasteiger charge is 2.50. The zero-order chi connectivity index (χ0) is 9.47. The first kappa shape index (κ1) is 9.26. The summed E-state index contributed by atoms with van der Waals surface area (Å²) < 4.78 is 5.14. The third-order valence-corrected chi connectivity index (χ3v) is 4.18. The highest BCUT2D eigenvalue weighted by Crippen LogP contribution is 2.59. The number of ether oxygens (including phenoxy) is 1. The molecule has 3 rings (SSSR count). The lowest BCUT2D eigenvalue weighted by molar-refractivity contribution is -0.0101. The van der Waals surface area contributed by atoms with Gasteiger partial charge in [0.05, 0.1) is 0 Å². The third-order valence-electron chi connectivity index (χ3n) is 4.18. The van der Waals surface area contributed by atoms with Gasteiger partial charge in [-0.05, 0) is 36.5 Å². The van der Waals surface area contributed by atoms with Gasteiger partial charge < -0.3 is 4.74 Å². The van der Waals surface area contributed by atoms with Crippen LogP contribution in [0.4, 0.5) is 0 Å². The van der Waals surface area contributed by atoms with Crippen LogP contribution in [0.25, 0.3) is 0 Å². The van der Waals surface area contributed by atoms with E-state index in [4.69, 9.17) is 4.74 Å². The topological polar surface area (TPSA) is 9.23 Å². The summed E-state index contributed by atoms with van der Waals surface area (Å²) in [5, 5.41) is 0. The smallest absolute Gasteiger partial charge is 0.0499 e. The average Bonchev–Trinajstić information content (AvgIpc) is 2.14. The van der Waals surface area contributed by atoms with Crippen LogP contribution in [0.2, 0.25) is 0 Å². The van der Waals surface area contributed by atoms with E-state index in [9.17, 15) is 0 Å². The third kappa shape index (κ3) is 1.34. The van der Waals surface area contributed by atoms with Gasteiger partial charge in [-0.25, -0.2) is 0 Å². The van der Waals surface area contributed by atoms with Crippen molar-refractivity contribution >= 4 is 0 Å². The van der Waals surface area contributed by atoms with Crippen LogP contribution in [-0.2, 0) is 4.74 Å². The number of methoxy groups -OCH3 is 1. The fraction of sp³-hybridized carbons (Fsp3) is 0.833. The van der Waals surface area contributed by atoms with E-state index in [2.05, 4.69) is 19.9 Å². The van der Waals surface area contributed by atoms with E-state index in [-0.39, 0.29) is 0 Å². The van der Waals surface area contributed by atoms with Crippen molar-refractivity contribution in [2.75, 3.05) is 13.7 Å². The lowest BCUT2D eigenvalue weighted by Gasteiger charge is -2.56. The lowest BCUT2D eigenvalue weighted by Crippen LogP contribution is -2.48. The Kier molecular flexibility index (Phi) is 2.23. The van der Waals surface area contributed by atoms with Crippen molar-refractivity contribution in [3.05, 3.63) is 11.6 Å². The first-order chi connectivity index (χ1) is 6.16. The molecule has 1 saturated carbocycles. The summed E-state index contributed by atoms with van der Waals surface area (Å²) >= 11 is 0. The Morgan fingerprint density at radius 3 is 2.85 bits per heavy atom. The molecule has 1 fully saturated rings. The molecule has 3 aliphatic carbocycles. The maximum Gasteiger partial charge on any atom is 0.0499 e. The Balaban J connectivity index is 2.01. The molecule has 74 valence electrons. The van der Waals surface area contributed by atoms with E-state index >= 15 is 0 Å². The second kappa shape index (κ2) is 3.13. The maximum atomic E-state index is 5.14. The predicted molar refractivity (Wildman–Crippen MR) is 54.6 cm³/mol. The Hall–Kier alpha value is -0.300. The molecule has 3 aliphatic rings. The number of hydrogen-bond acceptors (Lipinski definition) is 1. The van der Waals surface area contributed by atoms with E-state index in [0.29, 0.717) is 5.41 Å². The van der Waals surface area contributed by atoms with Gasteiger partial charge in [-0.15, -0.1) is 0 Å². The molecular weight excluding hydrogens is 160 g/mol. The average molecular weight is 180 g/mol. The molecule has 0 amide bonds. The van der Waals surface area contributed by atoms with Gasteiger partial charge in [0.2, 0.25) is 0 Å². The molecule has 0 aliphatic heterocycles. The summed E-state index contributed by atoms with van der Waals surface area (Å²) in [6, 6.07) is 0. The van der Waals surface area contributed by atoms with Gasteiger partial charge in [0.1, 0.15) is 0 Å². The Morgan fingerprint density at radius 1 is 1.54 bits per heavy atom. The molecule has 0 spiro atoms. The van der Waals surface area contributed by atoms with Gasteiger partial charge in [0.25, 0.3) is 0 Å². The second-order valence-electron chi connectivity index (χ2n) is 5.06. The van der Waals surface area contributed by atoms with Crippen LogP contribution in [0, 0.1) is 17.3 Å². The van der Waals surface area contributed by atoms with E-state index < -0.39 is 0 Å². The van der Waals surface area contributed by atoms with Gasteiger partial charge in [-0.2, -0.15) is 0 Å². The van der Waals surface area contributed by atoms with Crippen LogP contribution < -0.4 is 0 Å². The van der Waals surface area contributed by atoms with Crippen molar-refractivity contribution in [2.24, 2.45) is 17.3 Å². The minimum absolute atomic E-state index is 0.581. The molecule has 1 heteroatoms. The Labute approximate surface area is 81.2 Å². The molecule has 0 aromatic carbocycles. The minimum atomic E-state index is 0.581. The largest absolute Gasteiger partial charge is 0.384 e. The molecular formula is C12H20O. The predicted octanol–water partition coefficient (Wildman–Crippen LogP) is 3.02. The molecule has 0 aromatic heterocycles. The van der Waals surface area contributed by atoms with Gasteiger partial charge in [-0.1, -0.05) is 25.5 Å².